The van der Waals surface area contributed by atoms with Gasteiger partial charge in [-0.2, -0.15) is 0 Å². The molecule has 37 heavy (non-hydrogen) atoms. The summed E-state index contributed by atoms with van der Waals surface area (Å²) in [5.74, 6) is -0.919. The predicted molar refractivity (Wildman–Crippen MR) is 146 cm³/mol. The van der Waals surface area contributed by atoms with Crippen LogP contribution in [0.2, 0.25) is 0 Å². The van der Waals surface area contributed by atoms with Gasteiger partial charge in [-0.3, -0.25) is 19.7 Å². The van der Waals surface area contributed by atoms with E-state index in [9.17, 15) is 14.4 Å². The summed E-state index contributed by atoms with van der Waals surface area (Å²) in [6, 6.07) is 20.5. The van der Waals surface area contributed by atoms with Crippen molar-refractivity contribution in [2.75, 3.05) is 48.8 Å². The second kappa shape index (κ2) is 10.3. The molecule has 2 amide bonds. The highest BCUT2D eigenvalue weighted by Gasteiger charge is 2.27. The third kappa shape index (κ3) is 5.39. The van der Waals surface area contributed by atoms with Crippen molar-refractivity contribution >= 4 is 45.9 Å². The van der Waals surface area contributed by atoms with Crippen molar-refractivity contribution < 1.29 is 14.4 Å². The van der Waals surface area contributed by atoms with Crippen LogP contribution in [0.4, 0.5) is 22.7 Å². The van der Waals surface area contributed by atoms with Gasteiger partial charge in [0.15, 0.2) is 5.78 Å². The minimum atomic E-state index is -0.463. The molecule has 8 heteroatoms. The van der Waals surface area contributed by atoms with Gasteiger partial charge in [-0.15, -0.1) is 0 Å². The molecule has 2 aliphatic heterocycles. The number of likely N-dealkylation sites (N-methyl/N-ethyl adjacent to an activating group) is 1. The van der Waals surface area contributed by atoms with E-state index in [1.807, 2.05) is 18.2 Å². The van der Waals surface area contributed by atoms with Crippen LogP contribution in [-0.2, 0) is 4.79 Å². The largest absolute Gasteiger partial charge is 0.369 e. The number of piperazine rings is 1. The first-order valence-corrected chi connectivity index (χ1v) is 12.3. The number of hydrogen-bond acceptors (Lipinski definition) is 7. The van der Waals surface area contributed by atoms with Gasteiger partial charge in [0.25, 0.3) is 11.8 Å². The Morgan fingerprint density at radius 3 is 2.27 bits per heavy atom. The molecule has 188 valence electrons. The van der Waals surface area contributed by atoms with Crippen molar-refractivity contribution in [2.45, 2.75) is 6.92 Å². The first kappa shape index (κ1) is 24.3. The highest BCUT2D eigenvalue weighted by Crippen LogP contribution is 2.29. The highest BCUT2D eigenvalue weighted by atomic mass is 16.2. The van der Waals surface area contributed by atoms with Gasteiger partial charge >= 0.3 is 0 Å². The van der Waals surface area contributed by atoms with Crippen molar-refractivity contribution in [1.82, 2.24) is 10.2 Å². The number of fused-ring (bicyclic) bond motifs is 1. The van der Waals surface area contributed by atoms with Gasteiger partial charge in [0.05, 0.1) is 5.57 Å². The number of Topliss-reactive ketones (excluding diaryl/α,β-unsaturated/α-hetero) is 1. The predicted octanol–water partition coefficient (Wildman–Crippen LogP) is 4.11. The number of imide groups is 1. The van der Waals surface area contributed by atoms with Gasteiger partial charge in [0.1, 0.15) is 0 Å². The summed E-state index contributed by atoms with van der Waals surface area (Å²) < 4.78 is 0. The lowest BCUT2D eigenvalue weighted by Crippen LogP contribution is -2.44. The quantitative estimate of drug-likeness (QED) is 0.269. The second-order valence-corrected chi connectivity index (χ2v) is 9.35. The first-order chi connectivity index (χ1) is 17.9. The normalized spacial score (nSPS) is 16.8. The van der Waals surface area contributed by atoms with Crippen molar-refractivity contribution in [3.63, 3.8) is 0 Å². The Bertz CT molecular complexity index is 1390. The first-order valence-electron chi connectivity index (χ1n) is 12.3. The average molecular weight is 496 g/mol. The van der Waals surface area contributed by atoms with Gasteiger partial charge in [-0.1, -0.05) is 12.1 Å². The van der Waals surface area contributed by atoms with E-state index in [4.69, 9.17) is 0 Å². The number of nitrogens with one attached hydrogen (secondary N) is 3. The van der Waals surface area contributed by atoms with Crippen LogP contribution in [0.25, 0.3) is 5.57 Å². The van der Waals surface area contributed by atoms with Gasteiger partial charge in [0, 0.05) is 71.8 Å². The molecule has 2 heterocycles. The van der Waals surface area contributed by atoms with Crippen LogP contribution in [0.3, 0.4) is 0 Å². The SMILES string of the molecule is CC(=O)c1cccc(Nc2ccc3c(c2)/C(=C/Nc2ccc(N4CCN(C)CC4)cc2)C(=O)NC3=O)c1. The molecule has 1 saturated heterocycles. The fourth-order valence-corrected chi connectivity index (χ4v) is 4.52. The van der Waals surface area contributed by atoms with Crippen molar-refractivity contribution in [3.05, 3.63) is 89.6 Å². The van der Waals surface area contributed by atoms with Crippen LogP contribution in [0.5, 0.6) is 0 Å². The number of nitrogens with zero attached hydrogens (tertiary/aromatic N) is 2. The minimum absolute atomic E-state index is 0.0239. The smallest absolute Gasteiger partial charge is 0.260 e. The molecule has 0 aromatic heterocycles. The Labute approximate surface area is 216 Å². The maximum atomic E-state index is 12.8. The van der Waals surface area contributed by atoms with Crippen LogP contribution in [0.15, 0.2) is 72.9 Å². The van der Waals surface area contributed by atoms with Gasteiger partial charge in [-0.25, -0.2) is 0 Å². The monoisotopic (exact) mass is 495 g/mol. The Balaban J connectivity index is 1.37. The number of carbonyl (C=O) groups is 3. The van der Waals surface area contributed by atoms with Crippen LogP contribution in [-0.4, -0.2) is 55.7 Å². The Kier molecular flexibility index (Phi) is 6.74. The molecule has 3 aromatic carbocycles. The van der Waals surface area contributed by atoms with E-state index in [0.29, 0.717) is 28.0 Å². The standard InChI is InChI=1S/C29H29N5O3/c1-19(35)20-4-3-5-22(16-20)31-23-8-11-25-26(17-23)27(29(37)32-28(25)36)18-30-21-6-9-24(10-7-21)34-14-12-33(2)13-15-34/h3-11,16-18,30-31H,12-15H2,1-2H3,(H,32,36,37)/b27-18-. The summed E-state index contributed by atoms with van der Waals surface area (Å²) in [6.45, 7) is 5.59. The Morgan fingerprint density at radius 2 is 1.54 bits per heavy atom. The molecule has 0 bridgehead atoms. The second-order valence-electron chi connectivity index (χ2n) is 9.35. The zero-order valence-corrected chi connectivity index (χ0v) is 20.9. The highest BCUT2D eigenvalue weighted by molar-refractivity contribution is 6.31. The number of ketones is 1. The summed E-state index contributed by atoms with van der Waals surface area (Å²) >= 11 is 0. The molecule has 0 saturated carbocycles. The molecule has 0 aliphatic carbocycles. The maximum absolute atomic E-state index is 12.8. The van der Waals surface area contributed by atoms with E-state index in [0.717, 1.165) is 37.6 Å². The molecule has 0 unspecified atom stereocenters. The molecule has 5 rings (SSSR count). The van der Waals surface area contributed by atoms with Crippen LogP contribution in [0.1, 0.15) is 33.2 Å². The summed E-state index contributed by atoms with van der Waals surface area (Å²) in [6.07, 6.45) is 1.63. The lowest BCUT2D eigenvalue weighted by atomic mass is 9.94. The third-order valence-corrected chi connectivity index (χ3v) is 6.70. The van der Waals surface area contributed by atoms with E-state index in [1.54, 1.807) is 42.6 Å². The molecule has 3 N–H and O–H groups in total. The fraction of sp³-hybridized carbons (Fsp3) is 0.207. The van der Waals surface area contributed by atoms with E-state index >= 15 is 0 Å². The van der Waals surface area contributed by atoms with Crippen LogP contribution < -0.4 is 20.9 Å². The lowest BCUT2D eigenvalue weighted by Gasteiger charge is -2.34. The minimum Gasteiger partial charge on any atom is -0.369 e. The van der Waals surface area contributed by atoms with Crippen molar-refractivity contribution in [3.8, 4) is 0 Å². The van der Waals surface area contributed by atoms with E-state index in [-0.39, 0.29) is 5.78 Å². The summed E-state index contributed by atoms with van der Waals surface area (Å²) in [4.78, 5) is 41.6. The van der Waals surface area contributed by atoms with E-state index < -0.39 is 11.8 Å². The molecule has 1 fully saturated rings. The zero-order valence-electron chi connectivity index (χ0n) is 20.9. The number of carbonyl (C=O) groups excluding carboxylic acids is 3. The topological polar surface area (TPSA) is 93.8 Å². The molecular weight excluding hydrogens is 466 g/mol. The summed E-state index contributed by atoms with van der Waals surface area (Å²) in [5.41, 5.74) is 5.35. The van der Waals surface area contributed by atoms with Gasteiger partial charge in [-0.05, 0) is 68.6 Å². The molecule has 0 spiro atoms. The zero-order chi connectivity index (χ0) is 25.9. The van der Waals surface area contributed by atoms with Gasteiger partial charge in [0.2, 0.25) is 0 Å². The van der Waals surface area contributed by atoms with E-state index in [1.165, 1.54) is 12.6 Å². The maximum Gasteiger partial charge on any atom is 0.260 e. The molecule has 2 aliphatic rings. The Hall–Kier alpha value is -4.43. The fourth-order valence-electron chi connectivity index (χ4n) is 4.52. The Morgan fingerprint density at radius 1 is 0.838 bits per heavy atom. The molecule has 0 radical (unpaired) electrons. The third-order valence-electron chi connectivity index (χ3n) is 6.70. The molecule has 8 nitrogen and oxygen atoms in total. The average Bonchev–Trinajstić information content (AvgIpc) is 2.89. The number of benzene rings is 3. The van der Waals surface area contributed by atoms with Crippen LogP contribution in [0, 0.1) is 0 Å². The lowest BCUT2D eigenvalue weighted by molar-refractivity contribution is -0.114. The number of rotatable bonds is 6. The summed E-state index contributed by atoms with van der Waals surface area (Å²) in [5, 5.41) is 8.88. The van der Waals surface area contributed by atoms with Crippen molar-refractivity contribution in [1.29, 1.82) is 0 Å². The molecular formula is C29H29N5O3. The van der Waals surface area contributed by atoms with Gasteiger partial charge < -0.3 is 20.4 Å². The molecule has 3 aromatic rings. The molecule has 0 atom stereocenters. The number of anilines is 4. The van der Waals surface area contributed by atoms with E-state index in [2.05, 4.69) is 44.9 Å². The number of hydrogen-bond donors (Lipinski definition) is 3. The van der Waals surface area contributed by atoms with Crippen LogP contribution >= 0.6 is 0 Å². The van der Waals surface area contributed by atoms with Crippen molar-refractivity contribution in [2.24, 2.45) is 0 Å². The summed E-state index contributed by atoms with van der Waals surface area (Å²) in [7, 11) is 2.13. The number of amides is 2.